The van der Waals surface area contributed by atoms with Crippen LogP contribution in [0.15, 0.2) is 83.8 Å². The van der Waals surface area contributed by atoms with Crippen molar-refractivity contribution in [2.24, 2.45) is 0 Å². The Kier molecular flexibility index (Phi) is 4.79. The monoisotopic (exact) mass is 449 g/mol. The van der Waals surface area contributed by atoms with Gasteiger partial charge in [0.25, 0.3) is 15.6 Å². The van der Waals surface area contributed by atoms with Crippen LogP contribution in [0.4, 0.5) is 5.69 Å². The van der Waals surface area contributed by atoms with E-state index in [4.69, 9.17) is 0 Å². The fraction of sp³-hybridized carbons (Fsp3) is 0.250. The van der Waals surface area contributed by atoms with Gasteiger partial charge in [0.2, 0.25) is 0 Å². The molecular formula is C24H23N3O4S. The molecule has 2 heterocycles. The normalized spacial score (nSPS) is 22.5. The first kappa shape index (κ1) is 20.7. The molecule has 0 aromatic heterocycles. The number of benzene rings is 3. The van der Waals surface area contributed by atoms with Crippen molar-refractivity contribution in [2.75, 3.05) is 17.4 Å². The molecule has 1 fully saturated rings. The Hall–Kier alpha value is -3.23. The lowest BCUT2D eigenvalue weighted by Gasteiger charge is -2.27. The van der Waals surface area contributed by atoms with Gasteiger partial charge < -0.3 is 0 Å². The number of likely N-dealkylation sites (tertiary alicyclic amines) is 1. The van der Waals surface area contributed by atoms with Gasteiger partial charge in [0.1, 0.15) is 6.04 Å². The second-order valence-electron chi connectivity index (χ2n) is 8.48. The van der Waals surface area contributed by atoms with Gasteiger partial charge in [0.05, 0.1) is 22.7 Å². The predicted molar refractivity (Wildman–Crippen MR) is 121 cm³/mol. The molecule has 5 rings (SSSR count). The van der Waals surface area contributed by atoms with Gasteiger partial charge in [-0.15, -0.1) is 0 Å². The maximum absolute atomic E-state index is 13.8. The van der Waals surface area contributed by atoms with Crippen molar-refractivity contribution in [2.45, 2.75) is 29.9 Å². The third-order valence-electron chi connectivity index (χ3n) is 6.49. The van der Waals surface area contributed by atoms with E-state index in [1.165, 1.54) is 4.31 Å². The standard InChI is InChI=1S/C24H23N3O4S/c1-18-11-13-20(14-12-18)32(30,31)26-22-10-6-5-9-21(22)24(27(28)29)17-25(16-23(24)26)15-19-7-3-2-4-8-19/h2-14,23H,15-17H2,1H3/t23-,24+/m0/s1. The SMILES string of the molecule is Cc1ccc(S(=O)(=O)N2c3ccccc3[C@]3([N+](=O)[O-])CN(Cc4ccccc4)C[C@H]23)cc1. The van der Waals surface area contributed by atoms with Gasteiger partial charge in [0.15, 0.2) is 0 Å². The number of nitrogens with zero attached hydrogens (tertiary/aromatic N) is 3. The molecule has 2 aliphatic heterocycles. The molecule has 1 saturated heterocycles. The Morgan fingerprint density at radius 3 is 2.34 bits per heavy atom. The number of rotatable bonds is 5. The van der Waals surface area contributed by atoms with E-state index in [0.29, 0.717) is 17.8 Å². The van der Waals surface area contributed by atoms with Crippen LogP contribution in [0.1, 0.15) is 16.7 Å². The predicted octanol–water partition coefficient (Wildman–Crippen LogP) is 3.56. The third-order valence-corrected chi connectivity index (χ3v) is 8.33. The van der Waals surface area contributed by atoms with Crippen LogP contribution in [0.2, 0.25) is 0 Å². The number of nitro groups is 1. The summed E-state index contributed by atoms with van der Waals surface area (Å²) in [4.78, 5) is 14.4. The molecule has 0 spiro atoms. The fourth-order valence-electron chi connectivity index (χ4n) is 5.00. The Labute approximate surface area is 187 Å². The summed E-state index contributed by atoms with van der Waals surface area (Å²) < 4.78 is 28.8. The average molecular weight is 450 g/mol. The zero-order chi connectivity index (χ0) is 22.5. The zero-order valence-electron chi connectivity index (χ0n) is 17.6. The van der Waals surface area contributed by atoms with Crippen LogP contribution < -0.4 is 4.31 Å². The quantitative estimate of drug-likeness (QED) is 0.439. The van der Waals surface area contributed by atoms with E-state index in [1.807, 2.05) is 42.2 Å². The Morgan fingerprint density at radius 1 is 1.00 bits per heavy atom. The molecule has 0 unspecified atom stereocenters. The summed E-state index contributed by atoms with van der Waals surface area (Å²) in [5.74, 6) is 0. The van der Waals surface area contributed by atoms with Crippen LogP contribution in [-0.4, -0.2) is 37.4 Å². The van der Waals surface area contributed by atoms with Crippen LogP contribution in [0.25, 0.3) is 0 Å². The Morgan fingerprint density at radius 2 is 1.66 bits per heavy atom. The molecule has 0 bridgehead atoms. The molecule has 0 radical (unpaired) electrons. The van der Waals surface area contributed by atoms with Gasteiger partial charge in [-0.05, 0) is 36.8 Å². The molecule has 164 valence electrons. The summed E-state index contributed by atoms with van der Waals surface area (Å²) in [7, 11) is -3.99. The largest absolute Gasteiger partial charge is 0.289 e. The van der Waals surface area contributed by atoms with Crippen molar-refractivity contribution in [1.29, 1.82) is 0 Å². The molecule has 2 atom stereocenters. The summed E-state index contributed by atoms with van der Waals surface area (Å²) in [6, 6.07) is 22.4. The molecule has 0 saturated carbocycles. The summed E-state index contributed by atoms with van der Waals surface area (Å²) in [5, 5.41) is 12.6. The zero-order valence-corrected chi connectivity index (χ0v) is 18.4. The minimum absolute atomic E-state index is 0.138. The second-order valence-corrected chi connectivity index (χ2v) is 10.3. The van der Waals surface area contributed by atoms with Crippen LogP contribution in [0.3, 0.4) is 0 Å². The van der Waals surface area contributed by atoms with Crippen molar-refractivity contribution in [3.05, 3.63) is 106 Å². The van der Waals surface area contributed by atoms with Gasteiger partial charge in [-0.1, -0.05) is 60.2 Å². The second kappa shape index (κ2) is 7.43. The number of aryl methyl sites for hydroxylation is 1. The number of fused-ring (bicyclic) bond motifs is 3. The number of anilines is 1. The first-order valence-corrected chi connectivity index (χ1v) is 11.9. The number of sulfonamides is 1. The Balaban J connectivity index is 1.62. The van der Waals surface area contributed by atoms with Gasteiger partial charge in [-0.2, -0.15) is 0 Å². The van der Waals surface area contributed by atoms with Crippen LogP contribution in [0, 0.1) is 17.0 Å². The number of hydrogen-bond donors (Lipinski definition) is 0. The maximum atomic E-state index is 13.8. The molecule has 3 aromatic carbocycles. The van der Waals surface area contributed by atoms with Gasteiger partial charge in [-0.3, -0.25) is 19.3 Å². The lowest BCUT2D eigenvalue weighted by molar-refractivity contribution is -0.575. The first-order chi connectivity index (χ1) is 15.3. The lowest BCUT2D eigenvalue weighted by atomic mass is 9.89. The highest BCUT2D eigenvalue weighted by Crippen LogP contribution is 2.51. The highest BCUT2D eigenvalue weighted by molar-refractivity contribution is 7.92. The van der Waals surface area contributed by atoms with Gasteiger partial charge in [-0.25, -0.2) is 8.42 Å². The van der Waals surface area contributed by atoms with Crippen molar-refractivity contribution >= 4 is 15.7 Å². The van der Waals surface area contributed by atoms with E-state index in [1.54, 1.807) is 48.5 Å². The van der Waals surface area contributed by atoms with E-state index < -0.39 is 21.6 Å². The summed E-state index contributed by atoms with van der Waals surface area (Å²) in [6.07, 6.45) is 0. The topological polar surface area (TPSA) is 83.8 Å². The Bertz CT molecular complexity index is 1280. The fourth-order valence-corrected chi connectivity index (χ4v) is 6.70. The minimum atomic E-state index is -3.99. The van der Waals surface area contributed by atoms with Crippen molar-refractivity contribution in [3.8, 4) is 0 Å². The van der Waals surface area contributed by atoms with E-state index >= 15 is 0 Å². The smallest absolute Gasteiger partial charge is 0.283 e. The summed E-state index contributed by atoms with van der Waals surface area (Å²) >= 11 is 0. The molecule has 8 heteroatoms. The highest BCUT2D eigenvalue weighted by atomic mass is 32.2. The highest BCUT2D eigenvalue weighted by Gasteiger charge is 2.67. The molecule has 0 N–H and O–H groups in total. The average Bonchev–Trinajstić information content (AvgIpc) is 3.27. The van der Waals surface area contributed by atoms with Gasteiger partial charge in [0, 0.05) is 18.0 Å². The van der Waals surface area contributed by atoms with Crippen LogP contribution in [0.5, 0.6) is 0 Å². The molecule has 0 amide bonds. The first-order valence-electron chi connectivity index (χ1n) is 10.5. The molecule has 0 aliphatic carbocycles. The van der Waals surface area contributed by atoms with E-state index in [9.17, 15) is 18.5 Å². The van der Waals surface area contributed by atoms with Gasteiger partial charge >= 0.3 is 0 Å². The van der Waals surface area contributed by atoms with E-state index in [-0.39, 0.29) is 22.9 Å². The maximum Gasteiger partial charge on any atom is 0.283 e. The van der Waals surface area contributed by atoms with E-state index in [2.05, 4.69) is 0 Å². The molecule has 3 aromatic rings. The molecule has 32 heavy (non-hydrogen) atoms. The number of hydrogen-bond acceptors (Lipinski definition) is 5. The van der Waals surface area contributed by atoms with Crippen LogP contribution in [-0.2, 0) is 22.1 Å². The molecule has 7 nitrogen and oxygen atoms in total. The van der Waals surface area contributed by atoms with E-state index in [0.717, 1.165) is 11.1 Å². The summed E-state index contributed by atoms with van der Waals surface area (Å²) in [5.41, 5.74) is 1.33. The number of para-hydroxylation sites is 1. The van der Waals surface area contributed by atoms with Crippen LogP contribution >= 0.6 is 0 Å². The lowest BCUT2D eigenvalue weighted by Crippen LogP contribution is -2.50. The molecular weight excluding hydrogens is 426 g/mol. The summed E-state index contributed by atoms with van der Waals surface area (Å²) in [6.45, 7) is 2.83. The molecule has 2 aliphatic rings. The third kappa shape index (κ3) is 3.02. The minimum Gasteiger partial charge on any atom is -0.289 e. The van der Waals surface area contributed by atoms with Crippen molar-refractivity contribution in [1.82, 2.24) is 4.90 Å². The van der Waals surface area contributed by atoms with Crippen molar-refractivity contribution in [3.63, 3.8) is 0 Å². The van der Waals surface area contributed by atoms with Crippen molar-refractivity contribution < 1.29 is 13.3 Å².